The number of nitrogens with zero attached hydrogens (tertiary/aromatic N) is 3. The number of pyridine rings is 4. The van der Waals surface area contributed by atoms with Gasteiger partial charge < -0.3 is 4.40 Å². The quantitative estimate of drug-likeness (QED) is 0.130. The van der Waals surface area contributed by atoms with Gasteiger partial charge in [-0.15, -0.1) is 0 Å². The fraction of sp³-hybridized carbons (Fsp3) is 0.294. The van der Waals surface area contributed by atoms with E-state index in [9.17, 15) is 0 Å². The highest BCUT2D eigenvalue weighted by Crippen LogP contribution is 2.53. The van der Waals surface area contributed by atoms with Crippen LogP contribution < -0.4 is 0 Å². The Morgan fingerprint density at radius 3 is 0.859 bits per heavy atom. The van der Waals surface area contributed by atoms with Crippen LogP contribution in [0.3, 0.4) is 0 Å². The lowest BCUT2D eigenvalue weighted by Gasteiger charge is -2.25. The van der Waals surface area contributed by atoms with Crippen LogP contribution in [0, 0.1) is 0 Å². The maximum absolute atomic E-state index is 6.01. The van der Waals surface area contributed by atoms with Crippen LogP contribution >= 0.6 is 0 Å². The summed E-state index contributed by atoms with van der Waals surface area (Å²) in [5.41, 5.74) is 21.2. The molecule has 7 aromatic carbocycles. The summed E-state index contributed by atoms with van der Waals surface area (Å²) in [5, 5.41) is 9.70. The molecule has 0 spiro atoms. The van der Waals surface area contributed by atoms with Gasteiger partial charge in [0.05, 0.1) is 39.0 Å². The monoisotopic (exact) mass is 926 g/mol. The van der Waals surface area contributed by atoms with E-state index in [1.807, 2.05) is 0 Å². The number of fused-ring (bicyclic) bond motifs is 3. The highest BCUT2D eigenvalue weighted by molar-refractivity contribution is 6.38. The van der Waals surface area contributed by atoms with Crippen molar-refractivity contribution in [3.05, 3.63) is 161 Å². The molecule has 0 amide bonds. The first-order valence-corrected chi connectivity index (χ1v) is 25.8. The van der Waals surface area contributed by atoms with Gasteiger partial charge in [-0.05, 0) is 88.9 Å². The Hall–Kier alpha value is -6.84. The van der Waals surface area contributed by atoms with E-state index < -0.39 is 0 Å². The van der Waals surface area contributed by atoms with E-state index in [2.05, 4.69) is 242 Å². The molecule has 0 atom stereocenters. The number of aromatic nitrogens is 3. The zero-order valence-electron chi connectivity index (χ0n) is 44.5. The second-order valence-corrected chi connectivity index (χ2v) is 26.0. The first-order valence-electron chi connectivity index (χ1n) is 25.8. The minimum Gasteiger partial charge on any atom is -0.306 e. The van der Waals surface area contributed by atoms with Crippen molar-refractivity contribution in [1.82, 2.24) is 14.4 Å². The molecule has 12 aromatic rings. The molecule has 0 aliphatic rings. The fourth-order valence-corrected chi connectivity index (χ4v) is 11.6. The maximum Gasteiger partial charge on any atom is 0.0831 e. The third kappa shape index (κ3) is 6.89. The van der Waals surface area contributed by atoms with Crippen LogP contribution in [0.25, 0.3) is 115 Å². The third-order valence-corrected chi connectivity index (χ3v) is 15.9. The minimum atomic E-state index is -0.153. The summed E-state index contributed by atoms with van der Waals surface area (Å²) in [7, 11) is 0. The number of hydrogen-bond acceptors (Lipinski definition) is 2. The lowest BCUT2D eigenvalue weighted by Crippen LogP contribution is -2.12. The Balaban J connectivity index is 1.27. The molecule has 0 saturated carbocycles. The molecule has 5 aromatic heterocycles. The van der Waals surface area contributed by atoms with Gasteiger partial charge in [-0.1, -0.05) is 225 Å². The number of rotatable bonds is 4. The van der Waals surface area contributed by atoms with E-state index in [1.54, 1.807) is 0 Å². The van der Waals surface area contributed by atoms with Crippen LogP contribution in [0.5, 0.6) is 0 Å². The lowest BCUT2D eigenvalue weighted by atomic mass is 9.83. The average molecular weight is 926 g/mol. The van der Waals surface area contributed by atoms with E-state index in [-0.39, 0.29) is 27.1 Å². The molecule has 0 unspecified atom stereocenters. The van der Waals surface area contributed by atoms with Gasteiger partial charge in [0.1, 0.15) is 0 Å². The van der Waals surface area contributed by atoms with Gasteiger partial charge in [0.15, 0.2) is 0 Å². The SMILES string of the molecule is CC(C)(C)c1ccc(-c2nc3c4cc(C(C)(C)C)cc5c6nc(-c7ccc(C(C)(C)C)cc7)c(-c7ccc(C(C)(C)C)cc7)c7ccc8c9ccc(c2-c2ccc(C(C)(C)C)cc2)c3c9n(c45)c8c76)cc1. The smallest absolute Gasteiger partial charge is 0.0831 e. The first kappa shape index (κ1) is 45.3. The summed E-state index contributed by atoms with van der Waals surface area (Å²) in [6.45, 7) is 34.5. The molecular formula is C68H67N3. The highest BCUT2D eigenvalue weighted by atomic mass is 14.9. The molecular weight excluding hydrogens is 859 g/mol. The van der Waals surface area contributed by atoms with Crippen molar-refractivity contribution in [2.24, 2.45) is 0 Å². The topological polar surface area (TPSA) is 30.2 Å². The molecule has 0 saturated heterocycles. The summed E-state index contributed by atoms with van der Waals surface area (Å²) in [6.07, 6.45) is 0. The lowest BCUT2D eigenvalue weighted by molar-refractivity contribution is 0.590. The van der Waals surface area contributed by atoms with Crippen molar-refractivity contribution in [3.63, 3.8) is 0 Å². The molecule has 0 aliphatic carbocycles. The average Bonchev–Trinajstić information content (AvgIpc) is 3.67. The van der Waals surface area contributed by atoms with Crippen molar-refractivity contribution < 1.29 is 0 Å². The minimum absolute atomic E-state index is 0.0293. The van der Waals surface area contributed by atoms with Crippen LogP contribution in [0.2, 0.25) is 0 Å². The van der Waals surface area contributed by atoms with Crippen molar-refractivity contribution in [2.75, 3.05) is 0 Å². The van der Waals surface area contributed by atoms with Gasteiger partial charge in [-0.25, -0.2) is 9.97 Å². The summed E-state index contributed by atoms with van der Waals surface area (Å²) < 4.78 is 2.63. The highest BCUT2D eigenvalue weighted by Gasteiger charge is 2.32. The number of hydrogen-bond donors (Lipinski definition) is 0. The Bertz CT molecular complexity index is 3780. The standard InChI is InChI=1S/C68H67N3/c1-64(2,3)42-24-16-38(17-25-42)53-49-34-32-47-48-33-35-50-54(39-18-26-43(27-19-39)65(4,5)6)58(41-22-30-45(31-23-41)67(10,11)12)70-60-52-37-46(68(13,14)15)36-51-59(55(49)62(47)71(61(51)52)63(48)56(50)60)69-57(53)40-20-28-44(29-21-40)66(7,8)9/h16-37H,1-15H3. The van der Waals surface area contributed by atoms with Crippen LogP contribution in [0.15, 0.2) is 133 Å². The van der Waals surface area contributed by atoms with Gasteiger partial charge in [-0.3, -0.25) is 0 Å². The zero-order chi connectivity index (χ0) is 50.1. The molecule has 3 heteroatoms. The molecule has 3 nitrogen and oxygen atoms in total. The zero-order valence-corrected chi connectivity index (χ0v) is 44.5. The van der Waals surface area contributed by atoms with Gasteiger partial charge in [0, 0.05) is 54.6 Å². The molecule has 354 valence electrons. The van der Waals surface area contributed by atoms with Crippen LogP contribution in [-0.2, 0) is 27.1 Å². The summed E-state index contributed by atoms with van der Waals surface area (Å²) in [5.74, 6) is 0. The molecule has 71 heavy (non-hydrogen) atoms. The summed E-state index contributed by atoms with van der Waals surface area (Å²) in [6, 6.07) is 51.5. The predicted octanol–water partition coefficient (Wildman–Crippen LogP) is 19.1. The van der Waals surface area contributed by atoms with Gasteiger partial charge >= 0.3 is 0 Å². The van der Waals surface area contributed by atoms with E-state index in [0.717, 1.165) is 33.5 Å². The van der Waals surface area contributed by atoms with Crippen molar-refractivity contribution in [1.29, 1.82) is 0 Å². The predicted molar refractivity (Wildman–Crippen MR) is 307 cm³/mol. The largest absolute Gasteiger partial charge is 0.306 e. The van der Waals surface area contributed by atoms with Crippen molar-refractivity contribution >= 4 is 70.7 Å². The molecule has 12 rings (SSSR count). The molecule has 0 radical (unpaired) electrons. The fourth-order valence-electron chi connectivity index (χ4n) is 11.6. The molecule has 5 heterocycles. The molecule has 0 fully saturated rings. The van der Waals surface area contributed by atoms with Crippen molar-refractivity contribution in [3.8, 4) is 44.8 Å². The first-order chi connectivity index (χ1) is 33.4. The summed E-state index contributed by atoms with van der Waals surface area (Å²) in [4.78, 5) is 12.0. The van der Waals surface area contributed by atoms with Crippen LogP contribution in [0.4, 0.5) is 0 Å². The van der Waals surface area contributed by atoms with Gasteiger partial charge in [-0.2, -0.15) is 0 Å². The second kappa shape index (κ2) is 14.9. The Morgan fingerprint density at radius 1 is 0.282 bits per heavy atom. The van der Waals surface area contributed by atoms with E-state index >= 15 is 0 Å². The Kier molecular flexibility index (Phi) is 9.48. The van der Waals surface area contributed by atoms with E-state index in [1.165, 1.54) is 110 Å². The van der Waals surface area contributed by atoms with E-state index in [4.69, 9.17) is 9.97 Å². The number of benzene rings is 7. The van der Waals surface area contributed by atoms with Gasteiger partial charge in [0.25, 0.3) is 0 Å². The summed E-state index contributed by atoms with van der Waals surface area (Å²) >= 11 is 0. The van der Waals surface area contributed by atoms with Crippen LogP contribution in [-0.4, -0.2) is 14.4 Å². The normalized spacial score (nSPS) is 13.6. The Morgan fingerprint density at radius 2 is 0.563 bits per heavy atom. The molecule has 0 N–H and O–H groups in total. The molecule has 0 aliphatic heterocycles. The Labute approximate surface area is 420 Å². The second-order valence-electron chi connectivity index (χ2n) is 26.0. The molecule has 0 bridgehead atoms. The third-order valence-electron chi connectivity index (χ3n) is 15.9. The van der Waals surface area contributed by atoms with Crippen LogP contribution in [0.1, 0.15) is 132 Å². The van der Waals surface area contributed by atoms with Gasteiger partial charge in [0.2, 0.25) is 0 Å². The van der Waals surface area contributed by atoms with E-state index in [0.29, 0.717) is 0 Å². The maximum atomic E-state index is 6.01. The van der Waals surface area contributed by atoms with Crippen molar-refractivity contribution in [2.45, 2.75) is 131 Å².